The lowest BCUT2D eigenvalue weighted by molar-refractivity contribution is 0.474. The lowest BCUT2D eigenvalue weighted by atomic mass is 9.91. The fraction of sp³-hybridized carbons (Fsp3) is 0.875. The van der Waals surface area contributed by atoms with Crippen molar-refractivity contribution in [2.75, 3.05) is 7.05 Å². The fourth-order valence-corrected chi connectivity index (χ4v) is 1.49. The van der Waals surface area contributed by atoms with E-state index in [0.29, 0.717) is 5.92 Å². The van der Waals surface area contributed by atoms with Crippen molar-refractivity contribution >= 4 is 5.84 Å². The number of nitrogens with zero attached hydrogens (tertiary/aromatic N) is 1. The molecule has 1 fully saturated rings. The maximum Gasteiger partial charge on any atom is 0.0998 e. The Labute approximate surface area is 62.5 Å². The molecule has 1 aliphatic rings. The van der Waals surface area contributed by atoms with Crippen LogP contribution >= 0.6 is 0 Å². The summed E-state index contributed by atoms with van der Waals surface area (Å²) in [4.78, 5) is 4.04. The van der Waals surface area contributed by atoms with E-state index in [1.165, 1.54) is 12.8 Å². The maximum atomic E-state index is 5.76. The molecule has 0 saturated heterocycles. The average molecular weight is 140 g/mol. The second-order valence-electron chi connectivity index (χ2n) is 3.42. The molecule has 0 heterocycles. The summed E-state index contributed by atoms with van der Waals surface area (Å²) in [6.45, 7) is 4.43. The molecule has 10 heavy (non-hydrogen) atoms. The molecule has 0 bridgehead atoms. The molecule has 0 atom stereocenters. The molecule has 0 unspecified atom stereocenters. The molecule has 0 radical (unpaired) electrons. The van der Waals surface area contributed by atoms with E-state index in [-0.39, 0.29) is 5.41 Å². The molecule has 0 aliphatic heterocycles. The summed E-state index contributed by atoms with van der Waals surface area (Å²) in [6, 6.07) is 0. The van der Waals surface area contributed by atoms with Crippen LogP contribution in [0.5, 0.6) is 0 Å². The summed E-state index contributed by atoms with van der Waals surface area (Å²) in [7, 11) is 1.78. The van der Waals surface area contributed by atoms with E-state index in [4.69, 9.17) is 5.73 Å². The number of amidine groups is 1. The molecule has 2 heteroatoms. The molecule has 0 amide bonds. The molecule has 58 valence electrons. The zero-order valence-electron chi connectivity index (χ0n) is 7.02. The number of hydrogen-bond acceptors (Lipinski definition) is 1. The zero-order valence-corrected chi connectivity index (χ0v) is 7.02. The van der Waals surface area contributed by atoms with Gasteiger partial charge in [0.05, 0.1) is 5.84 Å². The van der Waals surface area contributed by atoms with Gasteiger partial charge in [-0.3, -0.25) is 4.99 Å². The van der Waals surface area contributed by atoms with Gasteiger partial charge in [-0.1, -0.05) is 13.8 Å². The predicted octanol–water partition coefficient (Wildman–Crippen LogP) is 1.41. The van der Waals surface area contributed by atoms with E-state index < -0.39 is 0 Å². The summed E-state index contributed by atoms with van der Waals surface area (Å²) in [6.07, 6.45) is 2.46. The van der Waals surface area contributed by atoms with E-state index in [0.717, 1.165) is 5.84 Å². The van der Waals surface area contributed by atoms with Gasteiger partial charge in [0.15, 0.2) is 0 Å². The van der Waals surface area contributed by atoms with Crippen LogP contribution in [0.25, 0.3) is 0 Å². The number of aliphatic imine (C=N–C) groups is 1. The Hall–Kier alpha value is -0.530. The Bertz CT molecular complexity index is 155. The molecular weight excluding hydrogens is 124 g/mol. The van der Waals surface area contributed by atoms with Gasteiger partial charge in [-0.25, -0.2) is 0 Å². The minimum atomic E-state index is 0.286. The normalized spacial score (nSPS) is 23.4. The Balaban J connectivity index is 2.70. The molecule has 0 spiro atoms. The Morgan fingerprint density at radius 2 is 2.00 bits per heavy atom. The third kappa shape index (κ3) is 0.917. The first kappa shape index (κ1) is 7.58. The van der Waals surface area contributed by atoms with Crippen molar-refractivity contribution in [1.82, 2.24) is 0 Å². The number of nitrogens with two attached hydrogens (primary N) is 1. The molecule has 0 aromatic heterocycles. The second-order valence-corrected chi connectivity index (χ2v) is 3.42. The van der Waals surface area contributed by atoms with Crippen LogP contribution in [0.4, 0.5) is 0 Å². The fourth-order valence-electron chi connectivity index (χ4n) is 1.49. The molecule has 1 aliphatic carbocycles. The molecule has 2 nitrogen and oxygen atoms in total. The molecule has 0 aromatic rings. The van der Waals surface area contributed by atoms with Gasteiger partial charge in [0.25, 0.3) is 0 Å². The molecule has 0 aromatic carbocycles. The van der Waals surface area contributed by atoms with E-state index >= 15 is 0 Å². The van der Waals surface area contributed by atoms with Crippen molar-refractivity contribution in [3.8, 4) is 0 Å². The highest BCUT2D eigenvalue weighted by atomic mass is 14.9. The second kappa shape index (κ2) is 2.26. The summed E-state index contributed by atoms with van der Waals surface area (Å²) >= 11 is 0. The highest BCUT2D eigenvalue weighted by Crippen LogP contribution is 2.51. The van der Waals surface area contributed by atoms with Crippen LogP contribution < -0.4 is 5.73 Å². The van der Waals surface area contributed by atoms with E-state index in [2.05, 4.69) is 18.8 Å². The summed E-state index contributed by atoms with van der Waals surface area (Å²) in [5.74, 6) is 1.50. The van der Waals surface area contributed by atoms with Crippen molar-refractivity contribution in [3.63, 3.8) is 0 Å². The van der Waals surface area contributed by atoms with Crippen LogP contribution in [-0.2, 0) is 0 Å². The molecule has 2 N–H and O–H groups in total. The monoisotopic (exact) mass is 140 g/mol. The zero-order chi connectivity index (χ0) is 7.78. The van der Waals surface area contributed by atoms with E-state index in [1.807, 2.05) is 0 Å². The highest BCUT2D eigenvalue weighted by Gasteiger charge is 2.48. The topological polar surface area (TPSA) is 38.4 Å². The minimum absolute atomic E-state index is 0.286. The van der Waals surface area contributed by atoms with Crippen molar-refractivity contribution < 1.29 is 0 Å². The SMILES string of the molecule is CN=C(N)C1(C(C)C)CC1. The van der Waals surface area contributed by atoms with Crippen molar-refractivity contribution in [1.29, 1.82) is 0 Å². The number of hydrogen-bond donors (Lipinski definition) is 1. The predicted molar refractivity (Wildman–Crippen MR) is 44.1 cm³/mol. The third-order valence-electron chi connectivity index (χ3n) is 2.64. The van der Waals surface area contributed by atoms with Crippen molar-refractivity contribution in [3.05, 3.63) is 0 Å². The van der Waals surface area contributed by atoms with Crippen LogP contribution in [-0.4, -0.2) is 12.9 Å². The Morgan fingerprint density at radius 3 is 2.10 bits per heavy atom. The third-order valence-corrected chi connectivity index (χ3v) is 2.64. The van der Waals surface area contributed by atoms with Gasteiger partial charge in [0.2, 0.25) is 0 Å². The quantitative estimate of drug-likeness (QED) is 0.457. The average Bonchev–Trinajstić information content (AvgIpc) is 2.65. The first-order chi connectivity index (χ1) is 4.63. The smallest absolute Gasteiger partial charge is 0.0998 e. The maximum absolute atomic E-state index is 5.76. The summed E-state index contributed by atoms with van der Waals surface area (Å²) in [5.41, 5.74) is 6.05. The van der Waals surface area contributed by atoms with E-state index in [9.17, 15) is 0 Å². The van der Waals surface area contributed by atoms with Crippen LogP contribution in [0.15, 0.2) is 4.99 Å². The van der Waals surface area contributed by atoms with Gasteiger partial charge in [0, 0.05) is 12.5 Å². The van der Waals surface area contributed by atoms with Crippen molar-refractivity contribution in [2.24, 2.45) is 22.1 Å². The van der Waals surface area contributed by atoms with E-state index in [1.54, 1.807) is 7.05 Å². The largest absolute Gasteiger partial charge is 0.387 e. The molecule has 1 saturated carbocycles. The summed E-state index contributed by atoms with van der Waals surface area (Å²) < 4.78 is 0. The highest BCUT2D eigenvalue weighted by molar-refractivity contribution is 5.89. The Morgan fingerprint density at radius 1 is 1.50 bits per heavy atom. The van der Waals surface area contributed by atoms with Gasteiger partial charge >= 0.3 is 0 Å². The van der Waals surface area contributed by atoms with Gasteiger partial charge in [-0.15, -0.1) is 0 Å². The molecular formula is C8H16N2. The first-order valence-corrected chi connectivity index (χ1v) is 3.86. The Kier molecular flexibility index (Phi) is 1.71. The first-order valence-electron chi connectivity index (χ1n) is 3.86. The summed E-state index contributed by atoms with van der Waals surface area (Å²) in [5, 5.41) is 0. The van der Waals surface area contributed by atoms with Crippen LogP contribution in [0, 0.1) is 11.3 Å². The van der Waals surface area contributed by atoms with Crippen LogP contribution in [0.3, 0.4) is 0 Å². The van der Waals surface area contributed by atoms with Gasteiger partial charge in [-0.2, -0.15) is 0 Å². The van der Waals surface area contributed by atoms with Crippen molar-refractivity contribution in [2.45, 2.75) is 26.7 Å². The van der Waals surface area contributed by atoms with Crippen LogP contribution in [0.2, 0.25) is 0 Å². The van der Waals surface area contributed by atoms with Gasteiger partial charge in [-0.05, 0) is 18.8 Å². The van der Waals surface area contributed by atoms with Crippen LogP contribution in [0.1, 0.15) is 26.7 Å². The van der Waals surface area contributed by atoms with Gasteiger partial charge < -0.3 is 5.73 Å². The lowest BCUT2D eigenvalue weighted by Crippen LogP contribution is -2.29. The minimum Gasteiger partial charge on any atom is -0.387 e. The molecule has 1 rings (SSSR count). The standard InChI is InChI=1S/C8H16N2/c1-6(2)8(4-5-8)7(9)10-3/h6H,4-5H2,1-3H3,(H2,9,10). The number of rotatable bonds is 2. The van der Waals surface area contributed by atoms with Gasteiger partial charge in [0.1, 0.15) is 0 Å². The lowest BCUT2D eigenvalue weighted by Gasteiger charge is -2.17.